The van der Waals surface area contributed by atoms with Gasteiger partial charge in [0.2, 0.25) is 0 Å². The SMILES string of the molecule is CCCCCCCCCC(=O)OSCCCCCC. The Morgan fingerprint density at radius 3 is 1.95 bits per heavy atom. The second-order valence-corrected chi connectivity index (χ2v) is 6.02. The highest BCUT2D eigenvalue weighted by Crippen LogP contribution is 2.13. The number of hydrogen-bond donors (Lipinski definition) is 0. The van der Waals surface area contributed by atoms with E-state index in [0.29, 0.717) is 6.42 Å². The summed E-state index contributed by atoms with van der Waals surface area (Å²) < 4.78 is 5.15. The summed E-state index contributed by atoms with van der Waals surface area (Å²) in [5.74, 6) is 0.914. The van der Waals surface area contributed by atoms with E-state index in [1.807, 2.05) is 0 Å². The average Bonchev–Trinajstić information content (AvgIpc) is 2.41. The van der Waals surface area contributed by atoms with E-state index in [-0.39, 0.29) is 5.97 Å². The highest BCUT2D eigenvalue weighted by molar-refractivity contribution is 7.95. The minimum absolute atomic E-state index is 0.0333. The maximum absolute atomic E-state index is 11.4. The Labute approximate surface area is 124 Å². The summed E-state index contributed by atoms with van der Waals surface area (Å²) >= 11 is 1.34. The first-order valence-corrected chi connectivity index (χ1v) is 9.04. The van der Waals surface area contributed by atoms with Crippen molar-refractivity contribution >= 4 is 18.0 Å². The number of unbranched alkanes of at least 4 members (excludes halogenated alkanes) is 9. The Bertz CT molecular complexity index is 195. The Balaban J connectivity index is 3.13. The Morgan fingerprint density at radius 1 is 0.789 bits per heavy atom. The first-order chi connectivity index (χ1) is 9.31. The maximum Gasteiger partial charge on any atom is 0.317 e. The van der Waals surface area contributed by atoms with Gasteiger partial charge in [0.15, 0.2) is 0 Å². The smallest absolute Gasteiger partial charge is 0.317 e. The summed E-state index contributed by atoms with van der Waals surface area (Å²) in [6.07, 6.45) is 14.2. The summed E-state index contributed by atoms with van der Waals surface area (Å²) in [5.41, 5.74) is 0. The molecule has 0 bridgehead atoms. The topological polar surface area (TPSA) is 26.3 Å². The summed E-state index contributed by atoms with van der Waals surface area (Å²) in [5, 5.41) is 0. The third kappa shape index (κ3) is 15.8. The van der Waals surface area contributed by atoms with Crippen molar-refractivity contribution in [2.24, 2.45) is 0 Å². The lowest BCUT2D eigenvalue weighted by atomic mass is 10.1. The number of rotatable bonds is 14. The minimum atomic E-state index is -0.0333. The van der Waals surface area contributed by atoms with Gasteiger partial charge in [0.1, 0.15) is 0 Å². The molecule has 0 aliphatic heterocycles. The van der Waals surface area contributed by atoms with Crippen molar-refractivity contribution < 1.29 is 8.98 Å². The van der Waals surface area contributed by atoms with E-state index in [4.69, 9.17) is 4.18 Å². The molecule has 0 aliphatic carbocycles. The Kier molecular flexibility index (Phi) is 15.7. The van der Waals surface area contributed by atoms with Crippen molar-refractivity contribution in [2.75, 3.05) is 5.75 Å². The van der Waals surface area contributed by atoms with Crippen LogP contribution < -0.4 is 0 Å². The number of carbonyl (C=O) groups is 1. The quantitative estimate of drug-likeness (QED) is 0.294. The zero-order valence-corrected chi connectivity index (χ0v) is 13.7. The summed E-state index contributed by atoms with van der Waals surface area (Å²) in [6, 6.07) is 0. The third-order valence-corrected chi connectivity index (χ3v) is 3.98. The first kappa shape index (κ1) is 18.8. The van der Waals surface area contributed by atoms with E-state index in [0.717, 1.165) is 18.6 Å². The van der Waals surface area contributed by atoms with Gasteiger partial charge in [-0.3, -0.25) is 4.79 Å². The van der Waals surface area contributed by atoms with Gasteiger partial charge < -0.3 is 4.18 Å². The molecule has 0 aromatic carbocycles. The molecule has 0 heterocycles. The molecule has 0 unspecified atom stereocenters. The molecule has 0 radical (unpaired) electrons. The van der Waals surface area contributed by atoms with Crippen LogP contribution in [0.4, 0.5) is 0 Å². The molecule has 0 spiro atoms. The zero-order chi connectivity index (χ0) is 14.2. The molecule has 0 N–H and O–H groups in total. The van der Waals surface area contributed by atoms with E-state index in [1.54, 1.807) is 0 Å². The molecule has 114 valence electrons. The van der Waals surface area contributed by atoms with Crippen LogP contribution in [0.15, 0.2) is 0 Å². The molecule has 0 saturated heterocycles. The molecule has 3 heteroatoms. The lowest BCUT2D eigenvalue weighted by molar-refractivity contribution is -0.133. The van der Waals surface area contributed by atoms with Gasteiger partial charge >= 0.3 is 5.97 Å². The molecule has 0 rings (SSSR count). The van der Waals surface area contributed by atoms with Crippen LogP contribution in [0.25, 0.3) is 0 Å². The van der Waals surface area contributed by atoms with Crippen LogP contribution in [0, 0.1) is 0 Å². The molecule has 0 saturated carbocycles. The number of carbonyl (C=O) groups excluding carboxylic acids is 1. The van der Waals surface area contributed by atoms with Crippen LogP contribution in [0.5, 0.6) is 0 Å². The lowest BCUT2D eigenvalue weighted by Crippen LogP contribution is -1.99. The fourth-order valence-corrected chi connectivity index (χ4v) is 2.58. The molecule has 0 aromatic rings. The molecular formula is C16H32O2S. The summed E-state index contributed by atoms with van der Waals surface area (Å²) in [4.78, 5) is 11.4. The average molecular weight is 288 g/mol. The van der Waals surface area contributed by atoms with Crippen LogP contribution in [-0.2, 0) is 8.98 Å². The Hall–Kier alpha value is -0.180. The standard InChI is InChI=1S/C16H32O2S/c1-3-5-7-9-10-11-12-14-16(17)18-19-15-13-8-6-4-2/h3-15H2,1-2H3. The van der Waals surface area contributed by atoms with Crippen molar-refractivity contribution in [3.63, 3.8) is 0 Å². The fourth-order valence-electron chi connectivity index (χ4n) is 1.96. The van der Waals surface area contributed by atoms with Gasteiger partial charge in [0, 0.05) is 12.2 Å². The minimum Gasteiger partial charge on any atom is -0.391 e. The maximum atomic E-state index is 11.4. The molecular weight excluding hydrogens is 256 g/mol. The first-order valence-electron chi connectivity index (χ1n) is 8.13. The van der Waals surface area contributed by atoms with Crippen LogP contribution in [0.3, 0.4) is 0 Å². The van der Waals surface area contributed by atoms with Gasteiger partial charge in [-0.1, -0.05) is 71.6 Å². The highest BCUT2D eigenvalue weighted by atomic mass is 32.2. The third-order valence-electron chi connectivity index (χ3n) is 3.22. The van der Waals surface area contributed by atoms with Crippen molar-refractivity contribution in [3.05, 3.63) is 0 Å². The van der Waals surface area contributed by atoms with Crippen molar-refractivity contribution in [3.8, 4) is 0 Å². The van der Waals surface area contributed by atoms with Crippen LogP contribution >= 0.6 is 12.0 Å². The molecule has 2 nitrogen and oxygen atoms in total. The number of hydrogen-bond acceptors (Lipinski definition) is 3. The van der Waals surface area contributed by atoms with E-state index in [2.05, 4.69) is 13.8 Å². The molecule has 0 fully saturated rings. The van der Waals surface area contributed by atoms with E-state index in [1.165, 1.54) is 69.8 Å². The van der Waals surface area contributed by atoms with Crippen LogP contribution in [0.1, 0.15) is 90.9 Å². The second-order valence-electron chi connectivity index (χ2n) is 5.21. The summed E-state index contributed by atoms with van der Waals surface area (Å²) in [6.45, 7) is 4.44. The van der Waals surface area contributed by atoms with Crippen molar-refractivity contribution in [1.82, 2.24) is 0 Å². The second kappa shape index (κ2) is 15.9. The van der Waals surface area contributed by atoms with Gasteiger partial charge in [-0.15, -0.1) is 0 Å². The van der Waals surface area contributed by atoms with E-state index >= 15 is 0 Å². The van der Waals surface area contributed by atoms with E-state index < -0.39 is 0 Å². The van der Waals surface area contributed by atoms with Gasteiger partial charge in [-0.25, -0.2) is 0 Å². The summed E-state index contributed by atoms with van der Waals surface area (Å²) in [7, 11) is 0. The van der Waals surface area contributed by atoms with Crippen LogP contribution in [-0.4, -0.2) is 11.7 Å². The normalized spacial score (nSPS) is 10.6. The predicted molar refractivity (Wildman–Crippen MR) is 85.3 cm³/mol. The van der Waals surface area contributed by atoms with Gasteiger partial charge in [0.05, 0.1) is 12.0 Å². The van der Waals surface area contributed by atoms with Crippen molar-refractivity contribution in [2.45, 2.75) is 90.9 Å². The molecule has 0 aromatic heterocycles. The van der Waals surface area contributed by atoms with Gasteiger partial charge in [-0.05, 0) is 12.8 Å². The largest absolute Gasteiger partial charge is 0.391 e. The fraction of sp³-hybridized carbons (Fsp3) is 0.938. The monoisotopic (exact) mass is 288 g/mol. The predicted octanol–water partition coefficient (Wildman–Crippen LogP) is 5.90. The highest BCUT2D eigenvalue weighted by Gasteiger charge is 2.03. The Morgan fingerprint density at radius 2 is 1.32 bits per heavy atom. The zero-order valence-electron chi connectivity index (χ0n) is 12.9. The van der Waals surface area contributed by atoms with Crippen LogP contribution in [0.2, 0.25) is 0 Å². The molecule has 0 amide bonds. The van der Waals surface area contributed by atoms with Gasteiger partial charge in [-0.2, -0.15) is 0 Å². The molecule has 0 atom stereocenters. The molecule has 19 heavy (non-hydrogen) atoms. The van der Waals surface area contributed by atoms with Crippen molar-refractivity contribution in [1.29, 1.82) is 0 Å². The van der Waals surface area contributed by atoms with E-state index in [9.17, 15) is 4.79 Å². The molecule has 0 aliphatic rings. The lowest BCUT2D eigenvalue weighted by Gasteiger charge is -2.03. The van der Waals surface area contributed by atoms with Gasteiger partial charge in [0.25, 0.3) is 0 Å².